The number of hydrogen-bond donors (Lipinski definition) is 3. The molecule has 540 valence electrons. The Labute approximate surface area is 556 Å². The van der Waals surface area contributed by atoms with Crippen LogP contribution in [0.15, 0.2) is 0 Å². The predicted molar refractivity (Wildman–Crippen MR) is 368 cm³/mol. The standard InChI is InChI=1S/C72H140O17P2/c1-8-12-13-14-15-16-21-25-32-41-48-55-71(76)89-68(60-83-70(75)54-47-40-35-34-38-45-52-65(7)11-4)62-87-91(80,81)85-58-66(73)57-84-90(78,79)86-61-67(59-82-69(74)53-46-39-31-28-27-30-37-44-51-64(6)10-3)88-72(77)56-49-42-33-26-23-20-18-17-19-22-24-29-36-43-50-63(5)9-2/h63-68,73H,8-62H2,1-7H3,(H,78,79)(H,80,81)/t63?,64?,65?,66-,67-,68-/m1/s1. The molecule has 0 aromatic carbocycles. The van der Waals surface area contributed by atoms with Crippen molar-refractivity contribution in [3.8, 4) is 0 Å². The van der Waals surface area contributed by atoms with Crippen molar-refractivity contribution in [1.29, 1.82) is 0 Å². The van der Waals surface area contributed by atoms with E-state index < -0.39 is 97.5 Å². The summed E-state index contributed by atoms with van der Waals surface area (Å²) in [6, 6.07) is 0. The van der Waals surface area contributed by atoms with Crippen LogP contribution in [0.2, 0.25) is 0 Å². The van der Waals surface area contributed by atoms with Crippen molar-refractivity contribution in [1.82, 2.24) is 0 Å². The highest BCUT2D eigenvalue weighted by Crippen LogP contribution is 2.45. The maximum Gasteiger partial charge on any atom is 0.472 e. The molecule has 0 bridgehead atoms. The predicted octanol–water partition coefficient (Wildman–Crippen LogP) is 20.6. The molecule has 0 aliphatic heterocycles. The second-order valence-electron chi connectivity index (χ2n) is 26.7. The van der Waals surface area contributed by atoms with E-state index >= 15 is 0 Å². The van der Waals surface area contributed by atoms with Gasteiger partial charge in [0.15, 0.2) is 12.2 Å². The number of phosphoric ester groups is 2. The largest absolute Gasteiger partial charge is 0.472 e. The van der Waals surface area contributed by atoms with Crippen LogP contribution in [-0.2, 0) is 65.4 Å². The van der Waals surface area contributed by atoms with Gasteiger partial charge in [0, 0.05) is 25.7 Å². The maximum atomic E-state index is 13.0. The number of rotatable bonds is 70. The number of unbranched alkanes of at least 4 members (excludes halogenated alkanes) is 35. The zero-order valence-corrected chi connectivity index (χ0v) is 61.1. The molecule has 19 heteroatoms. The van der Waals surface area contributed by atoms with E-state index in [1.54, 1.807) is 0 Å². The summed E-state index contributed by atoms with van der Waals surface area (Å²) in [4.78, 5) is 72.6. The number of aliphatic hydroxyl groups is 1. The SMILES string of the molecule is CCCCCCCCCCCCCC(=O)O[C@H](COC(=O)CCCCCCCCC(C)CC)COP(=O)(O)OC[C@H](O)COP(=O)(O)OC[C@@H](COC(=O)CCCCCCCCCCC(C)CC)OC(=O)CCCCCCCCCCCCCCCCC(C)CC. The molecule has 0 saturated heterocycles. The molecular formula is C72H140O17P2. The quantitative estimate of drug-likeness (QED) is 0.0222. The van der Waals surface area contributed by atoms with Crippen LogP contribution in [0.1, 0.15) is 363 Å². The van der Waals surface area contributed by atoms with Gasteiger partial charge in [0.25, 0.3) is 0 Å². The Balaban J connectivity index is 5.24. The smallest absolute Gasteiger partial charge is 0.462 e. The first-order valence-corrected chi connectivity index (χ1v) is 40.5. The fourth-order valence-electron chi connectivity index (χ4n) is 10.8. The number of carbonyl (C=O) groups is 4. The van der Waals surface area contributed by atoms with Gasteiger partial charge in [-0.25, -0.2) is 9.13 Å². The molecule has 0 spiro atoms. The molecule has 0 aromatic rings. The summed E-state index contributed by atoms with van der Waals surface area (Å²) in [5.41, 5.74) is 0. The summed E-state index contributed by atoms with van der Waals surface area (Å²) >= 11 is 0. The summed E-state index contributed by atoms with van der Waals surface area (Å²) in [5.74, 6) is 0.230. The lowest BCUT2D eigenvalue weighted by atomic mass is 9.99. The van der Waals surface area contributed by atoms with Gasteiger partial charge < -0.3 is 33.8 Å². The molecule has 0 heterocycles. The molecule has 0 radical (unpaired) electrons. The molecule has 17 nitrogen and oxygen atoms in total. The fourth-order valence-corrected chi connectivity index (χ4v) is 12.4. The molecule has 0 aliphatic rings. The van der Waals surface area contributed by atoms with Gasteiger partial charge in [-0.15, -0.1) is 0 Å². The summed E-state index contributed by atoms with van der Waals surface area (Å²) in [6.07, 6.45) is 47.0. The molecule has 0 rings (SSSR count). The average molecular weight is 1340 g/mol. The van der Waals surface area contributed by atoms with Crippen LogP contribution >= 0.6 is 15.6 Å². The molecule has 0 aromatic heterocycles. The van der Waals surface area contributed by atoms with E-state index in [0.717, 1.165) is 114 Å². The van der Waals surface area contributed by atoms with Crippen LogP contribution in [0.4, 0.5) is 0 Å². The molecule has 5 unspecified atom stereocenters. The van der Waals surface area contributed by atoms with Crippen molar-refractivity contribution in [2.45, 2.75) is 381 Å². The monoisotopic (exact) mass is 1340 g/mol. The van der Waals surface area contributed by atoms with Gasteiger partial charge >= 0.3 is 39.5 Å². The second-order valence-corrected chi connectivity index (χ2v) is 29.6. The number of ether oxygens (including phenoxy) is 4. The Hall–Kier alpha value is -1.94. The van der Waals surface area contributed by atoms with Crippen LogP contribution in [0, 0.1) is 17.8 Å². The van der Waals surface area contributed by atoms with Crippen molar-refractivity contribution in [3.05, 3.63) is 0 Å². The van der Waals surface area contributed by atoms with Gasteiger partial charge in [0.1, 0.15) is 19.3 Å². The third kappa shape index (κ3) is 62.6. The number of phosphoric acid groups is 2. The fraction of sp³-hybridized carbons (Fsp3) is 0.944. The van der Waals surface area contributed by atoms with Gasteiger partial charge in [-0.1, -0.05) is 312 Å². The molecule has 91 heavy (non-hydrogen) atoms. The lowest BCUT2D eigenvalue weighted by molar-refractivity contribution is -0.161. The van der Waals surface area contributed by atoms with Crippen molar-refractivity contribution >= 4 is 39.5 Å². The molecule has 8 atom stereocenters. The summed E-state index contributed by atoms with van der Waals surface area (Å²) < 4.78 is 68.3. The van der Waals surface area contributed by atoms with E-state index in [1.165, 1.54) is 167 Å². The zero-order valence-electron chi connectivity index (χ0n) is 59.3. The zero-order chi connectivity index (χ0) is 67.3. The number of hydrogen-bond acceptors (Lipinski definition) is 15. The lowest BCUT2D eigenvalue weighted by Gasteiger charge is -2.21. The van der Waals surface area contributed by atoms with E-state index in [1.807, 2.05) is 0 Å². The summed E-state index contributed by atoms with van der Waals surface area (Å²) in [7, 11) is -9.90. The van der Waals surface area contributed by atoms with Crippen LogP contribution in [0.25, 0.3) is 0 Å². The van der Waals surface area contributed by atoms with E-state index in [4.69, 9.17) is 37.0 Å². The minimum Gasteiger partial charge on any atom is -0.462 e. The van der Waals surface area contributed by atoms with Crippen LogP contribution in [0.5, 0.6) is 0 Å². The minimum absolute atomic E-state index is 0.106. The van der Waals surface area contributed by atoms with Gasteiger partial charge in [-0.2, -0.15) is 0 Å². The van der Waals surface area contributed by atoms with Gasteiger partial charge in [0.2, 0.25) is 0 Å². The molecular weight excluding hydrogens is 1200 g/mol. The van der Waals surface area contributed by atoms with Crippen molar-refractivity contribution in [2.75, 3.05) is 39.6 Å². The normalized spacial score (nSPS) is 15.1. The van der Waals surface area contributed by atoms with Gasteiger partial charge in [-0.05, 0) is 43.4 Å². The molecule has 0 amide bonds. The Morgan fingerprint density at radius 1 is 0.308 bits per heavy atom. The topological polar surface area (TPSA) is 237 Å². The Kier molecular flexibility index (Phi) is 61.5. The molecule has 0 saturated carbocycles. The maximum absolute atomic E-state index is 13.0. The molecule has 3 N–H and O–H groups in total. The first kappa shape index (κ1) is 89.1. The third-order valence-electron chi connectivity index (χ3n) is 17.7. The van der Waals surface area contributed by atoms with Crippen molar-refractivity contribution < 1.29 is 80.2 Å². The van der Waals surface area contributed by atoms with Gasteiger partial charge in [-0.3, -0.25) is 37.3 Å². The summed E-state index contributed by atoms with van der Waals surface area (Å²) in [5, 5.41) is 10.6. The van der Waals surface area contributed by atoms with Crippen LogP contribution in [-0.4, -0.2) is 96.7 Å². The highest BCUT2D eigenvalue weighted by Gasteiger charge is 2.30. The van der Waals surface area contributed by atoms with Crippen LogP contribution in [0.3, 0.4) is 0 Å². The second kappa shape index (κ2) is 62.8. The minimum atomic E-state index is -4.95. The van der Waals surface area contributed by atoms with Crippen molar-refractivity contribution in [2.24, 2.45) is 17.8 Å². The van der Waals surface area contributed by atoms with E-state index in [2.05, 4.69) is 48.5 Å². The molecule has 0 aliphatic carbocycles. The number of carbonyl (C=O) groups excluding carboxylic acids is 4. The van der Waals surface area contributed by atoms with Crippen molar-refractivity contribution in [3.63, 3.8) is 0 Å². The highest BCUT2D eigenvalue weighted by molar-refractivity contribution is 7.47. The summed E-state index contributed by atoms with van der Waals surface area (Å²) in [6.45, 7) is 11.9. The molecule has 0 fully saturated rings. The van der Waals surface area contributed by atoms with E-state index in [0.29, 0.717) is 25.7 Å². The average Bonchev–Trinajstić information content (AvgIpc) is 3.50. The Morgan fingerprint density at radius 3 is 0.780 bits per heavy atom. The number of esters is 4. The third-order valence-corrected chi connectivity index (χ3v) is 19.6. The highest BCUT2D eigenvalue weighted by atomic mass is 31.2. The Morgan fingerprint density at radius 2 is 0.527 bits per heavy atom. The first-order valence-electron chi connectivity index (χ1n) is 37.5. The van der Waals surface area contributed by atoms with E-state index in [-0.39, 0.29) is 25.7 Å². The first-order chi connectivity index (χ1) is 43.8. The number of aliphatic hydroxyl groups excluding tert-OH is 1. The van der Waals surface area contributed by atoms with E-state index in [9.17, 15) is 43.2 Å². The lowest BCUT2D eigenvalue weighted by Crippen LogP contribution is -2.30. The van der Waals surface area contributed by atoms with Gasteiger partial charge in [0.05, 0.1) is 26.4 Å². The Bertz CT molecular complexity index is 1790. The van der Waals surface area contributed by atoms with Crippen LogP contribution < -0.4 is 0 Å².